The number of rotatable bonds is 7. The smallest absolute Gasteiger partial charge is 0.363 e. The zero-order valence-electron chi connectivity index (χ0n) is 17.2. The van der Waals surface area contributed by atoms with E-state index in [9.17, 15) is 4.79 Å². The Labute approximate surface area is 199 Å². The van der Waals surface area contributed by atoms with Crippen LogP contribution >= 0.6 is 27.5 Å². The number of carbonyl (C=O) groups excluding carboxylic acids is 1. The van der Waals surface area contributed by atoms with Crippen LogP contribution in [0.1, 0.15) is 23.6 Å². The van der Waals surface area contributed by atoms with Crippen LogP contribution < -0.4 is 9.47 Å². The predicted molar refractivity (Wildman–Crippen MR) is 128 cm³/mol. The molecule has 0 unspecified atom stereocenters. The number of benzene rings is 3. The fourth-order valence-electron chi connectivity index (χ4n) is 3.09. The van der Waals surface area contributed by atoms with E-state index in [2.05, 4.69) is 20.9 Å². The maximum absolute atomic E-state index is 12.3. The fourth-order valence-corrected chi connectivity index (χ4v) is 3.71. The average molecular weight is 513 g/mol. The lowest BCUT2D eigenvalue weighted by molar-refractivity contribution is -0.129. The molecule has 3 aromatic rings. The van der Waals surface area contributed by atoms with Gasteiger partial charge in [-0.15, -0.1) is 0 Å². The molecule has 0 bridgehead atoms. The molecule has 7 heteroatoms. The summed E-state index contributed by atoms with van der Waals surface area (Å²) >= 11 is 9.72. The molecule has 0 fully saturated rings. The van der Waals surface area contributed by atoms with Crippen LogP contribution in [0.2, 0.25) is 5.02 Å². The molecular formula is C25H19BrClNO4. The molecule has 162 valence electrons. The van der Waals surface area contributed by atoms with Gasteiger partial charge in [-0.05, 0) is 48.9 Å². The Morgan fingerprint density at radius 3 is 2.59 bits per heavy atom. The van der Waals surface area contributed by atoms with Gasteiger partial charge in [-0.2, -0.15) is 0 Å². The SMILES string of the molecule is CCOc1cc(/C=C2\N=C(c3ccccc3Cl)OC2=O)ccc1OCc1ccccc1Br. The summed E-state index contributed by atoms with van der Waals surface area (Å²) in [7, 11) is 0. The first kappa shape index (κ1) is 22.1. The van der Waals surface area contributed by atoms with Crippen molar-refractivity contribution in [1.29, 1.82) is 0 Å². The van der Waals surface area contributed by atoms with E-state index in [1.165, 1.54) is 0 Å². The molecule has 5 nitrogen and oxygen atoms in total. The molecule has 0 amide bonds. The van der Waals surface area contributed by atoms with Crippen molar-refractivity contribution < 1.29 is 19.0 Å². The van der Waals surface area contributed by atoms with E-state index in [1.54, 1.807) is 30.3 Å². The van der Waals surface area contributed by atoms with Gasteiger partial charge in [-0.25, -0.2) is 9.79 Å². The van der Waals surface area contributed by atoms with Crippen molar-refractivity contribution in [2.24, 2.45) is 4.99 Å². The zero-order chi connectivity index (χ0) is 22.5. The minimum Gasteiger partial charge on any atom is -0.490 e. The van der Waals surface area contributed by atoms with Crippen molar-refractivity contribution in [2.75, 3.05) is 6.61 Å². The maximum atomic E-state index is 12.3. The van der Waals surface area contributed by atoms with Crippen LogP contribution in [0.15, 0.2) is 81.9 Å². The second-order valence-electron chi connectivity index (χ2n) is 6.84. The zero-order valence-corrected chi connectivity index (χ0v) is 19.5. The van der Waals surface area contributed by atoms with Crippen LogP contribution in [0.5, 0.6) is 11.5 Å². The fraction of sp³-hybridized carbons (Fsp3) is 0.120. The topological polar surface area (TPSA) is 57.1 Å². The van der Waals surface area contributed by atoms with E-state index in [4.69, 9.17) is 25.8 Å². The van der Waals surface area contributed by atoms with Gasteiger partial charge in [0.25, 0.3) is 0 Å². The molecule has 0 spiro atoms. The van der Waals surface area contributed by atoms with Crippen molar-refractivity contribution in [3.63, 3.8) is 0 Å². The molecule has 0 N–H and O–H groups in total. The van der Waals surface area contributed by atoms with E-state index in [0.717, 1.165) is 15.6 Å². The number of halogens is 2. The summed E-state index contributed by atoms with van der Waals surface area (Å²) in [5, 5.41) is 0.463. The first-order valence-electron chi connectivity index (χ1n) is 9.95. The van der Waals surface area contributed by atoms with Crippen molar-refractivity contribution >= 4 is 45.5 Å². The third-order valence-corrected chi connectivity index (χ3v) is 5.74. The minimum atomic E-state index is -0.535. The van der Waals surface area contributed by atoms with Crippen LogP contribution in [0, 0.1) is 0 Å². The number of hydrogen-bond donors (Lipinski definition) is 0. The molecule has 1 heterocycles. The Balaban J connectivity index is 1.58. The third-order valence-electron chi connectivity index (χ3n) is 4.64. The third kappa shape index (κ3) is 5.03. The Bertz CT molecular complexity index is 1220. The highest BCUT2D eigenvalue weighted by Crippen LogP contribution is 2.32. The number of nitrogens with zero attached hydrogens (tertiary/aromatic N) is 1. The summed E-state index contributed by atoms with van der Waals surface area (Å²) in [5.41, 5.74) is 2.51. The minimum absolute atomic E-state index is 0.184. The molecule has 0 saturated heterocycles. The molecule has 1 aliphatic rings. The molecule has 3 aromatic carbocycles. The van der Waals surface area contributed by atoms with Crippen LogP contribution in [-0.2, 0) is 16.1 Å². The van der Waals surface area contributed by atoms with Crippen molar-refractivity contribution in [2.45, 2.75) is 13.5 Å². The molecule has 1 aliphatic heterocycles. The Kier molecular flexibility index (Phi) is 6.93. The first-order chi connectivity index (χ1) is 15.5. The number of ether oxygens (including phenoxy) is 3. The number of aliphatic imine (C=N–C) groups is 1. The van der Waals surface area contributed by atoms with Gasteiger partial charge >= 0.3 is 5.97 Å². The Hall–Kier alpha value is -3.09. The highest BCUT2D eigenvalue weighted by atomic mass is 79.9. The normalized spacial score (nSPS) is 14.3. The summed E-state index contributed by atoms with van der Waals surface area (Å²) in [4.78, 5) is 16.7. The van der Waals surface area contributed by atoms with Crippen molar-refractivity contribution in [3.8, 4) is 11.5 Å². The highest BCUT2D eigenvalue weighted by Gasteiger charge is 2.25. The van der Waals surface area contributed by atoms with E-state index in [-0.39, 0.29) is 11.6 Å². The van der Waals surface area contributed by atoms with Gasteiger partial charge < -0.3 is 14.2 Å². The lowest BCUT2D eigenvalue weighted by atomic mass is 10.1. The number of esters is 1. The van der Waals surface area contributed by atoms with Crippen molar-refractivity contribution in [1.82, 2.24) is 0 Å². The summed E-state index contributed by atoms with van der Waals surface area (Å²) in [6.45, 7) is 2.76. The summed E-state index contributed by atoms with van der Waals surface area (Å²) in [5.74, 6) is 0.840. The van der Waals surface area contributed by atoms with Gasteiger partial charge in [0.05, 0.1) is 17.2 Å². The Morgan fingerprint density at radius 2 is 1.81 bits per heavy atom. The molecule has 0 aromatic heterocycles. The van der Waals surface area contributed by atoms with Gasteiger partial charge in [-0.1, -0.05) is 63.9 Å². The van der Waals surface area contributed by atoms with Gasteiger partial charge in [0, 0.05) is 10.0 Å². The quantitative estimate of drug-likeness (QED) is 0.271. The second-order valence-corrected chi connectivity index (χ2v) is 8.10. The lowest BCUT2D eigenvalue weighted by Gasteiger charge is -2.13. The molecule has 4 rings (SSSR count). The second kappa shape index (κ2) is 10.0. The number of carbonyl (C=O) groups is 1. The van der Waals surface area contributed by atoms with Gasteiger partial charge in [0.1, 0.15) is 6.61 Å². The maximum Gasteiger partial charge on any atom is 0.363 e. The monoisotopic (exact) mass is 511 g/mol. The summed E-state index contributed by atoms with van der Waals surface area (Å²) in [6, 6.07) is 20.4. The average Bonchev–Trinajstić information content (AvgIpc) is 3.14. The molecule has 0 atom stereocenters. The van der Waals surface area contributed by atoms with Crippen LogP contribution in [0.3, 0.4) is 0 Å². The van der Waals surface area contributed by atoms with E-state index in [1.807, 2.05) is 49.4 Å². The predicted octanol–water partition coefficient (Wildman–Crippen LogP) is 6.42. The van der Waals surface area contributed by atoms with Crippen molar-refractivity contribution in [3.05, 3.63) is 98.6 Å². The number of cyclic esters (lactones) is 1. The molecule has 0 saturated carbocycles. The van der Waals surface area contributed by atoms with Gasteiger partial charge in [0.15, 0.2) is 17.2 Å². The van der Waals surface area contributed by atoms with E-state index >= 15 is 0 Å². The summed E-state index contributed by atoms with van der Waals surface area (Å²) in [6.07, 6.45) is 1.65. The van der Waals surface area contributed by atoms with Crippen LogP contribution in [0.4, 0.5) is 0 Å². The largest absolute Gasteiger partial charge is 0.490 e. The van der Waals surface area contributed by atoms with Gasteiger partial charge in [0.2, 0.25) is 5.90 Å². The first-order valence-corrected chi connectivity index (χ1v) is 11.1. The molecule has 0 aliphatic carbocycles. The molecule has 32 heavy (non-hydrogen) atoms. The standard InChI is InChI=1S/C25H19BrClNO4/c1-2-30-23-14-16(11-12-22(23)31-15-17-7-3-5-9-19(17)26)13-21-25(29)32-24(28-21)18-8-4-6-10-20(18)27/h3-14H,2,15H2,1H3/b21-13-. The molecular weight excluding hydrogens is 494 g/mol. The number of hydrogen-bond acceptors (Lipinski definition) is 5. The lowest BCUT2D eigenvalue weighted by Crippen LogP contribution is -2.05. The van der Waals surface area contributed by atoms with E-state index < -0.39 is 5.97 Å². The van der Waals surface area contributed by atoms with Crippen LogP contribution in [0.25, 0.3) is 6.08 Å². The van der Waals surface area contributed by atoms with E-state index in [0.29, 0.717) is 35.3 Å². The highest BCUT2D eigenvalue weighted by molar-refractivity contribution is 9.10. The van der Waals surface area contributed by atoms with Gasteiger partial charge in [-0.3, -0.25) is 0 Å². The summed E-state index contributed by atoms with van der Waals surface area (Å²) < 4.78 is 18.0. The Morgan fingerprint density at radius 1 is 1.03 bits per heavy atom. The van der Waals surface area contributed by atoms with Crippen LogP contribution in [-0.4, -0.2) is 18.5 Å². The molecule has 0 radical (unpaired) electrons.